The van der Waals surface area contributed by atoms with E-state index in [1.165, 1.54) is 24.5 Å². The lowest BCUT2D eigenvalue weighted by molar-refractivity contribution is 0.0498. The molecule has 0 spiro atoms. The third-order valence-electron chi connectivity index (χ3n) is 5.81. The molecule has 4 aromatic rings. The van der Waals surface area contributed by atoms with Crippen LogP contribution in [-0.4, -0.2) is 26.3 Å². The van der Waals surface area contributed by atoms with Crippen molar-refractivity contribution in [3.63, 3.8) is 0 Å². The maximum Gasteiger partial charge on any atom is 0.409 e. The van der Waals surface area contributed by atoms with Crippen LogP contribution in [0.25, 0.3) is 22.5 Å². The highest BCUT2D eigenvalue weighted by Gasteiger charge is 2.44. The largest absolute Gasteiger partial charge is 0.465 e. The number of nitrogens with one attached hydrogen (secondary N) is 1. The molecular weight excluding hydrogens is 463 g/mol. The standard InChI is InChI=1S/C24H18ClFN4O4/c25-16-5-6-17(27)19(20(16)26)14-9-13-7-8-24(33,21(13)28-10-14)22-29-11-18(34-22)12-1-3-15(4-2-12)30-23(31)32/h1-6,9-11,30,33H,7-8,27H2,(H,31,32). The van der Waals surface area contributed by atoms with E-state index in [2.05, 4.69) is 15.3 Å². The molecule has 5 rings (SSSR count). The van der Waals surface area contributed by atoms with Gasteiger partial charge in [0.25, 0.3) is 0 Å². The fraction of sp³-hybridized carbons (Fsp3) is 0.125. The van der Waals surface area contributed by atoms with Crippen molar-refractivity contribution in [3.8, 4) is 22.5 Å². The van der Waals surface area contributed by atoms with Crippen LogP contribution in [0.4, 0.5) is 20.6 Å². The number of carboxylic acid groups (broad SMARTS) is 1. The molecule has 8 nitrogen and oxygen atoms in total. The van der Waals surface area contributed by atoms with E-state index in [9.17, 15) is 14.3 Å². The molecule has 10 heteroatoms. The molecule has 0 saturated carbocycles. The zero-order valence-electron chi connectivity index (χ0n) is 17.5. The van der Waals surface area contributed by atoms with Crippen molar-refractivity contribution in [3.05, 3.63) is 82.8 Å². The number of halogens is 2. The number of hydrogen-bond acceptors (Lipinski definition) is 6. The first-order valence-corrected chi connectivity index (χ1v) is 10.7. The van der Waals surface area contributed by atoms with Crippen LogP contribution in [0.15, 0.2) is 59.3 Å². The molecule has 0 radical (unpaired) electrons. The third-order valence-corrected chi connectivity index (χ3v) is 6.10. The molecule has 1 unspecified atom stereocenters. The van der Waals surface area contributed by atoms with Crippen molar-refractivity contribution < 1.29 is 23.8 Å². The van der Waals surface area contributed by atoms with Gasteiger partial charge >= 0.3 is 6.09 Å². The van der Waals surface area contributed by atoms with Gasteiger partial charge in [0.15, 0.2) is 17.2 Å². The molecule has 0 aliphatic heterocycles. The Labute approximate surface area is 197 Å². The second-order valence-electron chi connectivity index (χ2n) is 7.95. The lowest BCUT2D eigenvalue weighted by atomic mass is 9.99. The summed E-state index contributed by atoms with van der Waals surface area (Å²) in [7, 11) is 0. The van der Waals surface area contributed by atoms with Crippen LogP contribution in [0.2, 0.25) is 5.02 Å². The maximum absolute atomic E-state index is 14.6. The van der Waals surface area contributed by atoms with Crippen LogP contribution >= 0.6 is 11.6 Å². The summed E-state index contributed by atoms with van der Waals surface area (Å²) in [5.74, 6) is -0.134. The van der Waals surface area contributed by atoms with E-state index >= 15 is 0 Å². The number of aromatic nitrogens is 2. The van der Waals surface area contributed by atoms with Crippen LogP contribution < -0.4 is 11.1 Å². The number of pyridine rings is 1. The van der Waals surface area contributed by atoms with Gasteiger partial charge in [0.05, 0.1) is 16.9 Å². The van der Waals surface area contributed by atoms with Gasteiger partial charge in [0.1, 0.15) is 0 Å². The number of oxazole rings is 1. The Morgan fingerprint density at radius 1 is 1.15 bits per heavy atom. The number of anilines is 2. The predicted molar refractivity (Wildman–Crippen MR) is 124 cm³/mol. The minimum Gasteiger partial charge on any atom is -0.465 e. The highest BCUT2D eigenvalue weighted by Crippen LogP contribution is 2.43. The summed E-state index contributed by atoms with van der Waals surface area (Å²) >= 11 is 5.92. The second kappa shape index (κ2) is 8.12. The quantitative estimate of drug-likeness (QED) is 0.300. The number of nitrogen functional groups attached to an aromatic ring is 1. The molecule has 2 heterocycles. The number of nitrogens with zero attached hydrogens (tertiary/aromatic N) is 2. The topological polar surface area (TPSA) is 134 Å². The molecule has 1 amide bonds. The van der Waals surface area contributed by atoms with Gasteiger partial charge in [-0.2, -0.15) is 0 Å². The Balaban J connectivity index is 1.46. The van der Waals surface area contributed by atoms with Gasteiger partial charge < -0.3 is 20.4 Å². The van der Waals surface area contributed by atoms with Crippen molar-refractivity contribution >= 4 is 29.1 Å². The Morgan fingerprint density at radius 3 is 2.65 bits per heavy atom. The van der Waals surface area contributed by atoms with Crippen molar-refractivity contribution in [1.29, 1.82) is 0 Å². The minimum absolute atomic E-state index is 0.0414. The molecule has 2 aromatic carbocycles. The monoisotopic (exact) mass is 480 g/mol. The average Bonchev–Trinajstić information content (AvgIpc) is 3.43. The first kappa shape index (κ1) is 21.9. The molecule has 1 aliphatic rings. The fourth-order valence-electron chi connectivity index (χ4n) is 4.15. The number of benzene rings is 2. The van der Waals surface area contributed by atoms with E-state index < -0.39 is 17.5 Å². The van der Waals surface area contributed by atoms with Crippen LogP contribution in [0, 0.1) is 5.82 Å². The molecule has 5 N–H and O–H groups in total. The van der Waals surface area contributed by atoms with E-state index in [0.717, 1.165) is 5.56 Å². The molecular formula is C24H18ClFN4O4. The van der Waals surface area contributed by atoms with Gasteiger partial charge in [-0.15, -0.1) is 0 Å². The first-order valence-electron chi connectivity index (χ1n) is 10.3. The molecule has 1 atom stereocenters. The number of hydrogen-bond donors (Lipinski definition) is 4. The molecule has 0 fully saturated rings. The fourth-order valence-corrected chi connectivity index (χ4v) is 4.31. The number of nitrogens with two attached hydrogens (primary N) is 1. The van der Waals surface area contributed by atoms with Crippen molar-refractivity contribution in [2.45, 2.75) is 18.4 Å². The van der Waals surface area contributed by atoms with Crippen LogP contribution in [0.3, 0.4) is 0 Å². The van der Waals surface area contributed by atoms with Crippen molar-refractivity contribution in [2.24, 2.45) is 0 Å². The Kier molecular flexibility index (Phi) is 5.22. The summed E-state index contributed by atoms with van der Waals surface area (Å²) in [6.07, 6.45) is 2.53. The normalized spacial score (nSPS) is 16.9. The smallest absolute Gasteiger partial charge is 0.409 e. The van der Waals surface area contributed by atoms with E-state index in [1.54, 1.807) is 30.3 Å². The Hall–Kier alpha value is -3.95. The Bertz CT molecular complexity index is 1420. The lowest BCUT2D eigenvalue weighted by Gasteiger charge is -2.19. The van der Waals surface area contributed by atoms with Gasteiger partial charge in [-0.1, -0.05) is 11.6 Å². The van der Waals surface area contributed by atoms with Crippen molar-refractivity contribution in [1.82, 2.24) is 9.97 Å². The summed E-state index contributed by atoms with van der Waals surface area (Å²) < 4.78 is 20.5. The van der Waals surface area contributed by atoms with Gasteiger partial charge in [-0.25, -0.2) is 14.2 Å². The van der Waals surface area contributed by atoms with E-state index in [0.29, 0.717) is 34.7 Å². The summed E-state index contributed by atoms with van der Waals surface area (Å²) in [5.41, 5.74) is 7.46. The summed E-state index contributed by atoms with van der Waals surface area (Å²) in [4.78, 5) is 19.4. The number of fused-ring (bicyclic) bond motifs is 1. The molecule has 34 heavy (non-hydrogen) atoms. The van der Waals surface area contributed by atoms with Gasteiger partial charge in [-0.05, 0) is 60.9 Å². The molecule has 1 aliphatic carbocycles. The highest BCUT2D eigenvalue weighted by atomic mass is 35.5. The van der Waals surface area contributed by atoms with E-state index in [-0.39, 0.29) is 28.6 Å². The number of rotatable bonds is 4. The number of amides is 1. The van der Waals surface area contributed by atoms with Gasteiger partial charge in [0, 0.05) is 34.3 Å². The highest BCUT2D eigenvalue weighted by molar-refractivity contribution is 6.31. The maximum atomic E-state index is 14.6. The Morgan fingerprint density at radius 2 is 1.91 bits per heavy atom. The predicted octanol–water partition coefficient (Wildman–Crippen LogP) is 5.05. The second-order valence-corrected chi connectivity index (χ2v) is 8.36. The minimum atomic E-state index is -1.55. The van der Waals surface area contributed by atoms with Gasteiger partial charge in [0.2, 0.25) is 5.89 Å². The number of aliphatic hydroxyl groups is 1. The SMILES string of the molecule is Nc1ccc(Cl)c(F)c1-c1cnc2c(c1)CCC2(O)c1ncc(-c2ccc(NC(=O)O)cc2)o1. The first-order chi connectivity index (χ1) is 16.3. The summed E-state index contributed by atoms with van der Waals surface area (Å²) in [5, 5.41) is 22.4. The number of aryl methyl sites for hydroxylation is 1. The van der Waals surface area contributed by atoms with Crippen LogP contribution in [0.5, 0.6) is 0 Å². The van der Waals surface area contributed by atoms with Crippen molar-refractivity contribution in [2.75, 3.05) is 11.1 Å². The molecule has 172 valence electrons. The molecule has 0 saturated heterocycles. The van der Waals surface area contributed by atoms with Crippen LogP contribution in [0.1, 0.15) is 23.6 Å². The van der Waals surface area contributed by atoms with Crippen LogP contribution in [-0.2, 0) is 12.0 Å². The lowest BCUT2D eigenvalue weighted by Crippen LogP contribution is -2.25. The number of carbonyl (C=O) groups is 1. The summed E-state index contributed by atoms with van der Waals surface area (Å²) in [6, 6.07) is 11.2. The zero-order chi connectivity index (χ0) is 24.0. The average molecular weight is 481 g/mol. The summed E-state index contributed by atoms with van der Waals surface area (Å²) in [6.45, 7) is 0. The third kappa shape index (κ3) is 3.64. The molecule has 0 bridgehead atoms. The van der Waals surface area contributed by atoms with Gasteiger partial charge in [-0.3, -0.25) is 10.3 Å². The van der Waals surface area contributed by atoms with E-state index in [4.69, 9.17) is 26.9 Å². The molecule has 2 aromatic heterocycles. The van der Waals surface area contributed by atoms with E-state index in [1.807, 2.05) is 0 Å². The zero-order valence-corrected chi connectivity index (χ0v) is 18.3.